The fraction of sp³-hybridized carbons (Fsp3) is 0.583. The van der Waals surface area contributed by atoms with Crippen LogP contribution in [0, 0.1) is 0 Å². The summed E-state index contributed by atoms with van der Waals surface area (Å²) in [6.07, 6.45) is 8.46. The molecule has 0 aliphatic heterocycles. The van der Waals surface area contributed by atoms with Crippen molar-refractivity contribution in [3.8, 4) is 0 Å². The van der Waals surface area contributed by atoms with Gasteiger partial charge in [0.15, 0.2) is 11.5 Å². The molecule has 0 radical (unpaired) electrons. The van der Waals surface area contributed by atoms with Gasteiger partial charge in [0.25, 0.3) is 5.91 Å². The molecule has 18 heavy (non-hydrogen) atoms. The zero-order chi connectivity index (χ0) is 13.0. The molecule has 6 heteroatoms. The van der Waals surface area contributed by atoms with Gasteiger partial charge >= 0.3 is 0 Å². The van der Waals surface area contributed by atoms with E-state index in [1.165, 1.54) is 18.8 Å². The maximum atomic E-state index is 11.3. The van der Waals surface area contributed by atoms with E-state index < -0.39 is 5.91 Å². The summed E-state index contributed by atoms with van der Waals surface area (Å²) in [7, 11) is 0. The second kappa shape index (κ2) is 5.77. The Morgan fingerprint density at radius 1 is 1.22 bits per heavy atom. The van der Waals surface area contributed by atoms with Crippen LogP contribution >= 0.6 is 0 Å². The number of nitrogens with zero attached hydrogens (tertiary/aromatic N) is 2. The standard InChI is InChI=1S/C12H19N5O/c13-8-4-2-1-3-5-9(8)17-12-10(11(14)18)15-6-7-16-12/h6-9H,1-5,13H2,(H2,14,18)(H,16,17). The third-order valence-corrected chi connectivity index (χ3v) is 3.32. The van der Waals surface area contributed by atoms with Crippen LogP contribution in [0.15, 0.2) is 12.4 Å². The van der Waals surface area contributed by atoms with Gasteiger partial charge < -0.3 is 16.8 Å². The summed E-state index contributed by atoms with van der Waals surface area (Å²) in [6, 6.07) is 0.206. The monoisotopic (exact) mass is 249 g/mol. The van der Waals surface area contributed by atoms with Crippen molar-refractivity contribution < 1.29 is 4.79 Å². The Labute approximate surface area is 106 Å². The number of nitrogens with two attached hydrogens (primary N) is 2. The molecule has 1 saturated carbocycles. The summed E-state index contributed by atoms with van der Waals surface area (Å²) < 4.78 is 0. The molecule has 98 valence electrons. The molecule has 6 nitrogen and oxygen atoms in total. The number of carbonyl (C=O) groups is 1. The van der Waals surface area contributed by atoms with Crippen LogP contribution in [0.5, 0.6) is 0 Å². The van der Waals surface area contributed by atoms with Crippen LogP contribution in [-0.2, 0) is 0 Å². The van der Waals surface area contributed by atoms with Gasteiger partial charge in [0.2, 0.25) is 0 Å². The first-order valence-electron chi connectivity index (χ1n) is 6.31. The van der Waals surface area contributed by atoms with E-state index >= 15 is 0 Å². The van der Waals surface area contributed by atoms with E-state index in [2.05, 4.69) is 15.3 Å². The van der Waals surface area contributed by atoms with E-state index in [9.17, 15) is 4.79 Å². The maximum absolute atomic E-state index is 11.3. The third kappa shape index (κ3) is 2.95. The topological polar surface area (TPSA) is 107 Å². The van der Waals surface area contributed by atoms with Crippen LogP contribution in [-0.4, -0.2) is 28.0 Å². The molecule has 1 aliphatic carbocycles. The van der Waals surface area contributed by atoms with Crippen molar-refractivity contribution in [2.45, 2.75) is 44.2 Å². The van der Waals surface area contributed by atoms with Crippen LogP contribution in [0.4, 0.5) is 5.82 Å². The lowest BCUT2D eigenvalue weighted by Crippen LogP contribution is -2.40. The van der Waals surface area contributed by atoms with Gasteiger partial charge in [0, 0.05) is 24.5 Å². The smallest absolute Gasteiger partial charge is 0.271 e. The number of primary amides is 1. The van der Waals surface area contributed by atoms with Gasteiger partial charge in [-0.2, -0.15) is 0 Å². The molecule has 2 rings (SSSR count). The SMILES string of the molecule is NC(=O)c1nccnc1NC1CCCCCC1N. The van der Waals surface area contributed by atoms with Crippen LogP contribution < -0.4 is 16.8 Å². The molecule has 1 heterocycles. The molecule has 1 aliphatic rings. The van der Waals surface area contributed by atoms with E-state index in [1.807, 2.05) is 0 Å². The second-order valence-electron chi connectivity index (χ2n) is 4.67. The minimum Gasteiger partial charge on any atom is -0.364 e. The molecule has 1 amide bonds. The van der Waals surface area contributed by atoms with E-state index in [0.29, 0.717) is 5.82 Å². The molecule has 1 fully saturated rings. The van der Waals surface area contributed by atoms with Gasteiger partial charge in [-0.3, -0.25) is 4.79 Å². The molecule has 2 atom stereocenters. The average Bonchev–Trinajstić information content (AvgIpc) is 2.55. The van der Waals surface area contributed by atoms with Crippen LogP contribution in [0.25, 0.3) is 0 Å². The van der Waals surface area contributed by atoms with Crippen LogP contribution in [0.1, 0.15) is 42.6 Å². The van der Waals surface area contributed by atoms with Crippen LogP contribution in [0.3, 0.4) is 0 Å². The number of rotatable bonds is 3. The predicted molar refractivity (Wildman–Crippen MR) is 69.0 cm³/mol. The van der Waals surface area contributed by atoms with Gasteiger partial charge in [-0.25, -0.2) is 9.97 Å². The summed E-state index contributed by atoms with van der Waals surface area (Å²) in [5, 5.41) is 3.22. The second-order valence-corrected chi connectivity index (χ2v) is 4.67. The van der Waals surface area contributed by atoms with Crippen LogP contribution in [0.2, 0.25) is 0 Å². The first-order valence-corrected chi connectivity index (χ1v) is 6.31. The Kier molecular flexibility index (Phi) is 4.09. The molecule has 0 bridgehead atoms. The summed E-state index contributed by atoms with van der Waals surface area (Å²) in [6.45, 7) is 0. The molecule has 0 aromatic carbocycles. The molecule has 1 aromatic rings. The van der Waals surface area contributed by atoms with Gasteiger partial charge in [-0.1, -0.05) is 19.3 Å². The highest BCUT2D eigenvalue weighted by Crippen LogP contribution is 2.20. The third-order valence-electron chi connectivity index (χ3n) is 3.32. The van der Waals surface area contributed by atoms with Gasteiger partial charge in [-0.15, -0.1) is 0 Å². The van der Waals surface area contributed by atoms with Gasteiger partial charge in [0.1, 0.15) is 0 Å². The van der Waals surface area contributed by atoms with Crippen molar-refractivity contribution in [3.63, 3.8) is 0 Å². The Morgan fingerprint density at radius 2 is 1.94 bits per heavy atom. The lowest BCUT2D eigenvalue weighted by molar-refractivity contribution is 0.0996. The van der Waals surface area contributed by atoms with E-state index in [1.54, 1.807) is 0 Å². The zero-order valence-corrected chi connectivity index (χ0v) is 10.3. The first kappa shape index (κ1) is 12.8. The number of hydrogen-bond acceptors (Lipinski definition) is 5. The first-order chi connectivity index (χ1) is 8.68. The molecule has 0 spiro atoms. The Balaban J connectivity index is 2.14. The van der Waals surface area contributed by atoms with Crippen molar-refractivity contribution in [2.24, 2.45) is 11.5 Å². The quantitative estimate of drug-likeness (QED) is 0.682. The van der Waals surface area contributed by atoms with Crippen molar-refractivity contribution in [1.29, 1.82) is 0 Å². The number of anilines is 1. The Hall–Kier alpha value is -1.69. The Morgan fingerprint density at radius 3 is 2.72 bits per heavy atom. The summed E-state index contributed by atoms with van der Waals surface area (Å²) >= 11 is 0. The largest absolute Gasteiger partial charge is 0.364 e. The molecule has 1 aromatic heterocycles. The maximum Gasteiger partial charge on any atom is 0.271 e. The lowest BCUT2D eigenvalue weighted by Gasteiger charge is -2.23. The predicted octanol–water partition coefficient (Wildman–Crippen LogP) is 0.647. The highest BCUT2D eigenvalue weighted by atomic mass is 16.1. The summed E-state index contributed by atoms with van der Waals surface area (Å²) in [5.41, 5.74) is 11.6. The van der Waals surface area contributed by atoms with Crippen molar-refractivity contribution >= 4 is 11.7 Å². The van der Waals surface area contributed by atoms with E-state index in [4.69, 9.17) is 11.5 Å². The van der Waals surface area contributed by atoms with Gasteiger partial charge in [0.05, 0.1) is 0 Å². The fourth-order valence-electron chi connectivity index (χ4n) is 2.32. The number of carbonyl (C=O) groups excluding carboxylic acids is 1. The molecular formula is C12H19N5O. The molecule has 5 N–H and O–H groups in total. The minimum absolute atomic E-state index is 0.0789. The molecular weight excluding hydrogens is 230 g/mol. The highest BCUT2D eigenvalue weighted by molar-refractivity contribution is 5.95. The van der Waals surface area contributed by atoms with Crippen molar-refractivity contribution in [1.82, 2.24) is 9.97 Å². The average molecular weight is 249 g/mol. The van der Waals surface area contributed by atoms with Crippen molar-refractivity contribution in [3.05, 3.63) is 18.1 Å². The normalized spacial score (nSPS) is 24.3. The van der Waals surface area contributed by atoms with Gasteiger partial charge in [-0.05, 0) is 12.8 Å². The van der Waals surface area contributed by atoms with E-state index in [-0.39, 0.29) is 17.8 Å². The molecule has 2 unspecified atom stereocenters. The number of nitrogens with one attached hydrogen (secondary N) is 1. The minimum atomic E-state index is -0.576. The highest BCUT2D eigenvalue weighted by Gasteiger charge is 2.22. The molecule has 0 saturated heterocycles. The summed E-state index contributed by atoms with van der Waals surface area (Å²) in [4.78, 5) is 19.3. The number of aromatic nitrogens is 2. The lowest BCUT2D eigenvalue weighted by atomic mass is 10.0. The Bertz CT molecular complexity index is 423. The number of amides is 1. The zero-order valence-electron chi connectivity index (χ0n) is 10.3. The summed E-state index contributed by atoms with van der Waals surface area (Å²) in [5.74, 6) is -0.139. The number of hydrogen-bond donors (Lipinski definition) is 3. The van der Waals surface area contributed by atoms with E-state index in [0.717, 1.165) is 25.7 Å². The van der Waals surface area contributed by atoms with Crippen molar-refractivity contribution in [2.75, 3.05) is 5.32 Å². The fourth-order valence-corrected chi connectivity index (χ4v) is 2.32.